The van der Waals surface area contributed by atoms with Gasteiger partial charge in [-0.25, -0.2) is 4.79 Å². The molecule has 0 atom stereocenters. The average Bonchev–Trinajstić information content (AvgIpc) is 2.16. The first-order chi connectivity index (χ1) is 7.15. The molecule has 0 spiro atoms. The largest absolute Gasteiger partial charge is 0.345 e. The fourth-order valence-corrected chi connectivity index (χ4v) is 1.43. The average molecular weight is 201 g/mol. The molecule has 0 aliphatic carbocycles. The quantitative estimate of drug-likeness (QED) is 0.759. The Kier molecular flexibility index (Phi) is 2.33. The lowest BCUT2D eigenvalue weighted by atomic mass is 10.1. The molecule has 0 saturated carbocycles. The van der Waals surface area contributed by atoms with Crippen LogP contribution in [0.4, 0.5) is 0 Å². The summed E-state index contributed by atoms with van der Waals surface area (Å²) in [5.41, 5.74) is 2.99. The molecule has 0 aliphatic rings. The number of aromatic nitrogens is 3. The van der Waals surface area contributed by atoms with Crippen LogP contribution >= 0.6 is 0 Å². The highest BCUT2D eigenvalue weighted by molar-refractivity contribution is 5.58. The van der Waals surface area contributed by atoms with E-state index in [1.165, 1.54) is 0 Å². The van der Waals surface area contributed by atoms with Crippen LogP contribution in [0.1, 0.15) is 11.4 Å². The number of aromatic amines is 1. The van der Waals surface area contributed by atoms with Crippen LogP contribution in [0.5, 0.6) is 0 Å². The lowest BCUT2D eigenvalue weighted by Gasteiger charge is -2.01. The fraction of sp³-hybridized carbons (Fsp3) is 0.182. The van der Waals surface area contributed by atoms with Crippen molar-refractivity contribution >= 4 is 0 Å². The van der Waals surface area contributed by atoms with Gasteiger partial charge in [0.05, 0.1) is 5.69 Å². The smallest absolute Gasteiger partial charge is 0.310 e. The van der Waals surface area contributed by atoms with E-state index in [2.05, 4.69) is 15.0 Å². The summed E-state index contributed by atoms with van der Waals surface area (Å²) in [5, 5.41) is 0. The maximum absolute atomic E-state index is 11.2. The molecule has 2 aromatic rings. The summed E-state index contributed by atoms with van der Waals surface area (Å²) in [4.78, 5) is 21.8. The Balaban J connectivity index is 2.59. The van der Waals surface area contributed by atoms with Gasteiger partial charge in [-0.2, -0.15) is 4.98 Å². The highest BCUT2D eigenvalue weighted by Gasteiger charge is 2.01. The zero-order valence-electron chi connectivity index (χ0n) is 8.61. The first-order valence-electron chi connectivity index (χ1n) is 4.66. The summed E-state index contributed by atoms with van der Waals surface area (Å²) in [6, 6.07) is 5.59. The third-order valence-electron chi connectivity index (χ3n) is 2.07. The van der Waals surface area contributed by atoms with E-state index in [-0.39, 0.29) is 5.69 Å². The first-order valence-corrected chi connectivity index (χ1v) is 4.66. The molecule has 0 radical (unpaired) electrons. The Hall–Kier alpha value is -1.97. The minimum Gasteiger partial charge on any atom is -0.310 e. The number of aryl methyl sites for hydroxylation is 2. The van der Waals surface area contributed by atoms with Crippen molar-refractivity contribution in [1.29, 1.82) is 0 Å². The molecule has 15 heavy (non-hydrogen) atoms. The molecule has 0 saturated heterocycles. The van der Waals surface area contributed by atoms with Crippen molar-refractivity contribution < 1.29 is 0 Å². The molecule has 0 bridgehead atoms. The van der Waals surface area contributed by atoms with E-state index in [9.17, 15) is 4.79 Å². The highest BCUT2D eigenvalue weighted by Crippen LogP contribution is 2.15. The van der Waals surface area contributed by atoms with Gasteiger partial charge >= 0.3 is 5.69 Å². The Labute approximate surface area is 87.0 Å². The minimum absolute atomic E-state index is 0.320. The van der Waals surface area contributed by atoms with Crippen molar-refractivity contribution in [2.75, 3.05) is 0 Å². The van der Waals surface area contributed by atoms with Crippen molar-refractivity contribution in [1.82, 2.24) is 15.0 Å². The first kappa shape index (κ1) is 9.58. The van der Waals surface area contributed by atoms with Gasteiger partial charge in [0.1, 0.15) is 0 Å². The van der Waals surface area contributed by atoms with Crippen molar-refractivity contribution in [3.8, 4) is 11.3 Å². The molecule has 0 unspecified atom stereocenters. The van der Waals surface area contributed by atoms with Gasteiger partial charge in [0.15, 0.2) is 0 Å². The van der Waals surface area contributed by atoms with Crippen LogP contribution in [-0.4, -0.2) is 15.0 Å². The van der Waals surface area contributed by atoms with E-state index in [1.807, 2.05) is 32.0 Å². The Morgan fingerprint density at radius 1 is 1.27 bits per heavy atom. The Bertz CT molecular complexity index is 546. The van der Waals surface area contributed by atoms with Gasteiger partial charge in [-0.15, -0.1) is 0 Å². The van der Waals surface area contributed by atoms with E-state index in [4.69, 9.17) is 0 Å². The molecule has 0 aliphatic heterocycles. The van der Waals surface area contributed by atoms with E-state index < -0.39 is 0 Å². The second kappa shape index (κ2) is 3.65. The van der Waals surface area contributed by atoms with Gasteiger partial charge < -0.3 is 4.98 Å². The van der Waals surface area contributed by atoms with Crippen molar-refractivity contribution in [3.63, 3.8) is 0 Å². The zero-order valence-corrected chi connectivity index (χ0v) is 8.61. The standard InChI is InChI=1S/C11H11N3O/c1-7-5-9(3-4-12-7)10-6-8(2)13-11(15)14-10/h3-6H,1-2H3,(H,13,14,15). The number of pyridine rings is 1. The lowest BCUT2D eigenvalue weighted by molar-refractivity contribution is 1.03. The maximum atomic E-state index is 11.2. The van der Waals surface area contributed by atoms with Crippen LogP contribution in [0, 0.1) is 13.8 Å². The zero-order chi connectivity index (χ0) is 10.8. The van der Waals surface area contributed by atoms with Crippen molar-refractivity contribution in [2.45, 2.75) is 13.8 Å². The van der Waals surface area contributed by atoms with Crippen molar-refractivity contribution in [2.24, 2.45) is 0 Å². The Morgan fingerprint density at radius 2 is 2.07 bits per heavy atom. The Morgan fingerprint density at radius 3 is 2.73 bits per heavy atom. The molecule has 4 nitrogen and oxygen atoms in total. The normalized spacial score (nSPS) is 10.3. The van der Waals surface area contributed by atoms with Gasteiger partial charge in [-0.1, -0.05) is 0 Å². The molecule has 1 N–H and O–H groups in total. The highest BCUT2D eigenvalue weighted by atomic mass is 16.1. The van der Waals surface area contributed by atoms with Crippen LogP contribution in [0.25, 0.3) is 11.3 Å². The third kappa shape index (κ3) is 2.10. The second-order valence-electron chi connectivity index (χ2n) is 3.44. The van der Waals surface area contributed by atoms with Gasteiger partial charge in [0.25, 0.3) is 0 Å². The monoisotopic (exact) mass is 201 g/mol. The minimum atomic E-state index is -0.320. The molecular weight excluding hydrogens is 190 g/mol. The van der Waals surface area contributed by atoms with Gasteiger partial charge in [-0.3, -0.25) is 4.98 Å². The summed E-state index contributed by atoms with van der Waals surface area (Å²) in [6.45, 7) is 3.74. The molecular formula is C11H11N3O. The molecule has 0 amide bonds. The maximum Gasteiger partial charge on any atom is 0.345 e. The molecule has 76 valence electrons. The lowest BCUT2D eigenvalue weighted by Crippen LogP contribution is -2.11. The van der Waals surface area contributed by atoms with Crippen LogP contribution in [0.2, 0.25) is 0 Å². The number of rotatable bonds is 1. The van der Waals surface area contributed by atoms with Crippen LogP contribution in [-0.2, 0) is 0 Å². The molecule has 2 heterocycles. The van der Waals surface area contributed by atoms with Crippen LogP contribution < -0.4 is 5.69 Å². The summed E-state index contributed by atoms with van der Waals surface area (Å²) in [7, 11) is 0. The number of hydrogen-bond donors (Lipinski definition) is 1. The van der Waals surface area contributed by atoms with E-state index in [0.29, 0.717) is 5.69 Å². The number of nitrogens with one attached hydrogen (secondary N) is 1. The van der Waals surface area contributed by atoms with E-state index in [0.717, 1.165) is 17.0 Å². The molecule has 2 aromatic heterocycles. The van der Waals surface area contributed by atoms with Crippen LogP contribution in [0.3, 0.4) is 0 Å². The number of hydrogen-bond acceptors (Lipinski definition) is 3. The number of nitrogens with zero attached hydrogens (tertiary/aromatic N) is 2. The van der Waals surface area contributed by atoms with Crippen LogP contribution in [0.15, 0.2) is 29.2 Å². The van der Waals surface area contributed by atoms with Gasteiger partial charge in [-0.05, 0) is 32.0 Å². The molecule has 0 aromatic carbocycles. The number of H-pyrrole nitrogens is 1. The summed E-state index contributed by atoms with van der Waals surface area (Å²) >= 11 is 0. The molecule has 4 heteroatoms. The van der Waals surface area contributed by atoms with Gasteiger partial charge in [0, 0.05) is 23.1 Å². The SMILES string of the molecule is Cc1cc(-c2cc(C)[nH]c(=O)n2)ccn1. The third-order valence-corrected chi connectivity index (χ3v) is 2.07. The summed E-state index contributed by atoms with van der Waals surface area (Å²) in [5.74, 6) is 0. The topological polar surface area (TPSA) is 58.6 Å². The van der Waals surface area contributed by atoms with Gasteiger partial charge in [0.2, 0.25) is 0 Å². The van der Waals surface area contributed by atoms with Crippen molar-refractivity contribution in [3.05, 3.63) is 46.3 Å². The molecule has 2 rings (SSSR count). The summed E-state index contributed by atoms with van der Waals surface area (Å²) in [6.07, 6.45) is 1.71. The molecule has 0 fully saturated rings. The fourth-order valence-electron chi connectivity index (χ4n) is 1.43. The van der Waals surface area contributed by atoms with E-state index in [1.54, 1.807) is 6.20 Å². The predicted octanol–water partition coefficient (Wildman–Crippen LogP) is 1.45. The van der Waals surface area contributed by atoms with E-state index >= 15 is 0 Å². The second-order valence-corrected chi connectivity index (χ2v) is 3.44. The predicted molar refractivity (Wildman–Crippen MR) is 57.6 cm³/mol. The summed E-state index contributed by atoms with van der Waals surface area (Å²) < 4.78 is 0.